The maximum atomic E-state index is 13.2. The molecule has 0 radical (unpaired) electrons. The Morgan fingerprint density at radius 3 is 2.32 bits per heavy atom. The number of amides is 1. The fourth-order valence-corrected chi connectivity index (χ4v) is 4.09. The molecule has 2 heterocycles. The molecule has 162 valence electrons. The molecular formula is C24H27N3O4. The van der Waals surface area contributed by atoms with E-state index in [4.69, 9.17) is 14.2 Å². The highest BCUT2D eigenvalue weighted by Crippen LogP contribution is 2.36. The SMILES string of the molecule is COc1cc(OC)c(C(=O)Nc2ccc(N3CCCCC3)c3ccncc23)cc1OC. The lowest BCUT2D eigenvalue weighted by Crippen LogP contribution is -2.29. The summed E-state index contributed by atoms with van der Waals surface area (Å²) in [6, 6.07) is 9.29. The molecule has 0 spiro atoms. The molecule has 0 unspecified atom stereocenters. The standard InChI is InChI=1S/C24H27N3O4/c1-29-21-14-23(31-3)22(30-2)13-17(21)24(28)26-19-7-8-20(27-11-5-4-6-12-27)16-9-10-25-15-18(16)19/h7-10,13-15H,4-6,11-12H2,1-3H3,(H,26,28). The van der Waals surface area contributed by atoms with Crippen LogP contribution in [0.1, 0.15) is 29.6 Å². The maximum Gasteiger partial charge on any atom is 0.259 e. The number of rotatable bonds is 6. The van der Waals surface area contributed by atoms with Crippen molar-refractivity contribution in [3.63, 3.8) is 0 Å². The minimum absolute atomic E-state index is 0.298. The molecule has 0 saturated carbocycles. The molecule has 31 heavy (non-hydrogen) atoms. The number of carbonyl (C=O) groups excluding carboxylic acids is 1. The monoisotopic (exact) mass is 421 g/mol. The van der Waals surface area contributed by atoms with E-state index in [0.717, 1.165) is 23.9 Å². The Morgan fingerprint density at radius 1 is 0.903 bits per heavy atom. The molecule has 3 aromatic rings. The normalized spacial score (nSPS) is 13.7. The van der Waals surface area contributed by atoms with Gasteiger partial charge in [-0.05, 0) is 37.5 Å². The molecule has 1 aromatic heterocycles. The van der Waals surface area contributed by atoms with Gasteiger partial charge in [0.25, 0.3) is 5.91 Å². The number of nitrogens with zero attached hydrogens (tertiary/aromatic N) is 2. The third-order valence-corrected chi connectivity index (χ3v) is 5.69. The number of pyridine rings is 1. The number of hydrogen-bond donors (Lipinski definition) is 1. The summed E-state index contributed by atoms with van der Waals surface area (Å²) in [6.07, 6.45) is 7.26. The van der Waals surface area contributed by atoms with Crippen LogP contribution < -0.4 is 24.4 Å². The second-order valence-corrected chi connectivity index (χ2v) is 7.46. The zero-order valence-corrected chi connectivity index (χ0v) is 18.1. The Balaban J connectivity index is 1.70. The van der Waals surface area contributed by atoms with Crippen molar-refractivity contribution in [1.29, 1.82) is 0 Å². The Bertz CT molecular complexity index is 1090. The van der Waals surface area contributed by atoms with Gasteiger partial charge in [0, 0.05) is 54.1 Å². The quantitative estimate of drug-likeness (QED) is 0.632. The molecular weight excluding hydrogens is 394 g/mol. The topological polar surface area (TPSA) is 72.9 Å². The van der Waals surface area contributed by atoms with Gasteiger partial charge in [-0.2, -0.15) is 0 Å². The zero-order valence-electron chi connectivity index (χ0n) is 18.1. The van der Waals surface area contributed by atoms with Gasteiger partial charge in [0.2, 0.25) is 0 Å². The molecule has 0 atom stereocenters. The van der Waals surface area contributed by atoms with Crippen molar-refractivity contribution in [2.24, 2.45) is 0 Å². The van der Waals surface area contributed by atoms with E-state index in [1.54, 1.807) is 31.6 Å². The van der Waals surface area contributed by atoms with Crippen LogP contribution in [0.15, 0.2) is 42.7 Å². The largest absolute Gasteiger partial charge is 0.496 e. The smallest absolute Gasteiger partial charge is 0.259 e. The molecule has 7 heteroatoms. The fraction of sp³-hybridized carbons (Fsp3) is 0.333. The predicted molar refractivity (Wildman–Crippen MR) is 122 cm³/mol. The van der Waals surface area contributed by atoms with Crippen molar-refractivity contribution in [2.45, 2.75) is 19.3 Å². The van der Waals surface area contributed by atoms with Crippen LogP contribution in [0.4, 0.5) is 11.4 Å². The first-order chi connectivity index (χ1) is 15.2. The molecule has 0 bridgehead atoms. The lowest BCUT2D eigenvalue weighted by Gasteiger charge is -2.30. The highest BCUT2D eigenvalue weighted by Gasteiger charge is 2.20. The number of fused-ring (bicyclic) bond motifs is 1. The summed E-state index contributed by atoms with van der Waals surface area (Å²) >= 11 is 0. The van der Waals surface area contributed by atoms with Gasteiger partial charge >= 0.3 is 0 Å². The van der Waals surface area contributed by atoms with Crippen LogP contribution in [0, 0.1) is 0 Å². The van der Waals surface area contributed by atoms with Crippen molar-refractivity contribution in [3.8, 4) is 17.2 Å². The number of ether oxygens (including phenoxy) is 3. The number of methoxy groups -OCH3 is 3. The summed E-state index contributed by atoms with van der Waals surface area (Å²) in [5, 5.41) is 5.00. The number of hydrogen-bond acceptors (Lipinski definition) is 6. The number of anilines is 2. The molecule has 1 amide bonds. The lowest BCUT2D eigenvalue weighted by atomic mass is 10.0. The van der Waals surface area contributed by atoms with Crippen LogP contribution in [0.25, 0.3) is 10.8 Å². The minimum Gasteiger partial charge on any atom is -0.496 e. The van der Waals surface area contributed by atoms with Gasteiger partial charge in [-0.3, -0.25) is 9.78 Å². The van der Waals surface area contributed by atoms with Crippen LogP contribution in [-0.4, -0.2) is 45.3 Å². The van der Waals surface area contributed by atoms with Crippen molar-refractivity contribution in [3.05, 3.63) is 48.3 Å². The van der Waals surface area contributed by atoms with Gasteiger partial charge in [0.1, 0.15) is 5.75 Å². The Kier molecular flexibility index (Phi) is 6.11. The van der Waals surface area contributed by atoms with Crippen LogP contribution in [0.3, 0.4) is 0 Å². The first kappa shape index (κ1) is 20.8. The Hall–Kier alpha value is -3.48. The molecule has 7 nitrogen and oxygen atoms in total. The fourth-order valence-electron chi connectivity index (χ4n) is 4.09. The van der Waals surface area contributed by atoms with Crippen molar-refractivity contribution < 1.29 is 19.0 Å². The molecule has 4 rings (SSSR count). The molecule has 2 aromatic carbocycles. The first-order valence-corrected chi connectivity index (χ1v) is 10.4. The molecule has 1 aliphatic rings. The van der Waals surface area contributed by atoms with Gasteiger partial charge in [-0.1, -0.05) is 0 Å². The highest BCUT2D eigenvalue weighted by molar-refractivity contribution is 6.12. The van der Waals surface area contributed by atoms with Gasteiger partial charge < -0.3 is 24.4 Å². The lowest BCUT2D eigenvalue weighted by molar-refractivity contribution is 0.102. The van der Waals surface area contributed by atoms with Gasteiger partial charge in [0.05, 0.1) is 32.6 Å². The number of piperidine rings is 1. The minimum atomic E-state index is -0.298. The third-order valence-electron chi connectivity index (χ3n) is 5.69. The number of nitrogens with one attached hydrogen (secondary N) is 1. The number of carbonyl (C=O) groups is 1. The summed E-state index contributed by atoms with van der Waals surface area (Å²) in [7, 11) is 4.59. The van der Waals surface area contributed by atoms with Crippen molar-refractivity contribution in [2.75, 3.05) is 44.6 Å². The second kappa shape index (κ2) is 9.12. The van der Waals surface area contributed by atoms with E-state index in [1.165, 1.54) is 39.2 Å². The van der Waals surface area contributed by atoms with Crippen LogP contribution in [0.5, 0.6) is 17.2 Å². The van der Waals surface area contributed by atoms with E-state index in [2.05, 4.69) is 21.3 Å². The van der Waals surface area contributed by atoms with E-state index < -0.39 is 0 Å². The molecule has 1 aliphatic heterocycles. The van der Waals surface area contributed by atoms with Crippen LogP contribution >= 0.6 is 0 Å². The summed E-state index contributed by atoms with van der Waals surface area (Å²) in [6.45, 7) is 2.10. The van der Waals surface area contributed by atoms with E-state index in [1.807, 2.05) is 12.1 Å². The molecule has 1 N–H and O–H groups in total. The van der Waals surface area contributed by atoms with E-state index >= 15 is 0 Å². The number of aromatic nitrogens is 1. The zero-order chi connectivity index (χ0) is 21.8. The van der Waals surface area contributed by atoms with E-state index in [-0.39, 0.29) is 5.91 Å². The van der Waals surface area contributed by atoms with Gasteiger partial charge in [0.15, 0.2) is 11.5 Å². The number of benzene rings is 2. The van der Waals surface area contributed by atoms with Gasteiger partial charge in [-0.15, -0.1) is 0 Å². The maximum absolute atomic E-state index is 13.2. The average Bonchev–Trinajstić information content (AvgIpc) is 2.83. The third kappa shape index (κ3) is 4.08. The van der Waals surface area contributed by atoms with Gasteiger partial charge in [-0.25, -0.2) is 0 Å². The molecule has 1 fully saturated rings. The molecule has 0 aliphatic carbocycles. The summed E-state index contributed by atoms with van der Waals surface area (Å²) in [5.41, 5.74) is 2.24. The predicted octanol–water partition coefficient (Wildman–Crippen LogP) is 4.50. The van der Waals surface area contributed by atoms with Crippen LogP contribution in [0.2, 0.25) is 0 Å². The Morgan fingerprint density at radius 2 is 1.61 bits per heavy atom. The van der Waals surface area contributed by atoms with Crippen molar-refractivity contribution >= 4 is 28.1 Å². The van der Waals surface area contributed by atoms with E-state index in [0.29, 0.717) is 28.5 Å². The summed E-state index contributed by atoms with van der Waals surface area (Å²) in [5.74, 6) is 1.06. The summed E-state index contributed by atoms with van der Waals surface area (Å²) < 4.78 is 16.1. The second-order valence-electron chi connectivity index (χ2n) is 7.46. The molecule has 1 saturated heterocycles. The Labute approximate surface area is 181 Å². The van der Waals surface area contributed by atoms with E-state index in [9.17, 15) is 4.79 Å². The van der Waals surface area contributed by atoms with Crippen molar-refractivity contribution in [1.82, 2.24) is 4.98 Å². The summed E-state index contributed by atoms with van der Waals surface area (Å²) in [4.78, 5) is 19.9. The van der Waals surface area contributed by atoms with Crippen LogP contribution in [-0.2, 0) is 0 Å². The first-order valence-electron chi connectivity index (χ1n) is 10.4. The average molecular weight is 421 g/mol. The highest BCUT2D eigenvalue weighted by atomic mass is 16.5.